The summed E-state index contributed by atoms with van der Waals surface area (Å²) in [7, 11) is 0. The van der Waals surface area contributed by atoms with Crippen LogP contribution in [0.15, 0.2) is 47.3 Å². The van der Waals surface area contributed by atoms with Gasteiger partial charge in [0, 0.05) is 10.0 Å². The molecule has 0 bridgehead atoms. The van der Waals surface area contributed by atoms with E-state index in [1.54, 1.807) is 0 Å². The molecule has 1 aromatic carbocycles. The lowest BCUT2D eigenvalue weighted by Crippen LogP contribution is -1.95. The minimum Gasteiger partial charge on any atom is -0.485 e. The van der Waals surface area contributed by atoms with E-state index < -0.39 is 0 Å². The zero-order valence-corrected chi connectivity index (χ0v) is 9.04. The second kappa shape index (κ2) is 4.90. The number of benzene rings is 1. The van der Waals surface area contributed by atoms with Crippen LogP contribution in [0, 0.1) is 0 Å². The molecule has 68 valence electrons. The molecule has 0 aliphatic heterocycles. The summed E-state index contributed by atoms with van der Waals surface area (Å²) in [6.45, 7) is 5.41. The number of ether oxygens (including phenoxy) is 1. The Morgan fingerprint density at radius 3 is 2.85 bits per heavy atom. The van der Waals surface area contributed by atoms with Crippen molar-refractivity contribution >= 4 is 15.9 Å². The fraction of sp³-hybridized carbons (Fsp3) is 0.182. The summed E-state index contributed by atoms with van der Waals surface area (Å²) in [6.07, 6.45) is 1.49. The molecule has 0 amide bonds. The van der Waals surface area contributed by atoms with Crippen molar-refractivity contribution in [3.8, 4) is 0 Å². The van der Waals surface area contributed by atoms with Crippen LogP contribution >= 0.6 is 15.9 Å². The van der Waals surface area contributed by atoms with Crippen LogP contribution in [0.4, 0.5) is 0 Å². The van der Waals surface area contributed by atoms with E-state index in [1.165, 1.54) is 6.26 Å². The molecule has 0 fully saturated rings. The van der Waals surface area contributed by atoms with Gasteiger partial charge in [-0.2, -0.15) is 0 Å². The lowest BCUT2D eigenvalue weighted by atomic mass is 10.1. The first-order chi connectivity index (χ1) is 6.25. The van der Waals surface area contributed by atoms with Gasteiger partial charge < -0.3 is 4.74 Å². The van der Waals surface area contributed by atoms with Gasteiger partial charge in [0.2, 0.25) is 0 Å². The second-order valence-corrected chi connectivity index (χ2v) is 3.48. The molecule has 0 saturated heterocycles. The summed E-state index contributed by atoms with van der Waals surface area (Å²) in [5, 5.41) is 0. The molecule has 1 aromatic rings. The topological polar surface area (TPSA) is 9.23 Å². The number of rotatable bonds is 3. The van der Waals surface area contributed by atoms with Crippen molar-refractivity contribution in [3.05, 3.63) is 52.9 Å². The summed E-state index contributed by atoms with van der Waals surface area (Å²) < 4.78 is 6.38. The maximum absolute atomic E-state index is 5.33. The zero-order chi connectivity index (χ0) is 9.68. The molecule has 2 heteroatoms. The first-order valence-corrected chi connectivity index (χ1v) is 4.79. The summed E-state index contributed by atoms with van der Waals surface area (Å²) >= 11 is 3.46. The van der Waals surface area contributed by atoms with Crippen LogP contribution in [-0.2, 0) is 4.74 Å². The Kier molecular flexibility index (Phi) is 3.81. The maximum Gasteiger partial charge on any atom is 0.125 e. The zero-order valence-electron chi connectivity index (χ0n) is 7.46. The number of hydrogen-bond donors (Lipinski definition) is 0. The quantitative estimate of drug-likeness (QED) is 0.575. The van der Waals surface area contributed by atoms with Gasteiger partial charge in [-0.15, -0.1) is 0 Å². The van der Waals surface area contributed by atoms with Crippen molar-refractivity contribution in [1.82, 2.24) is 0 Å². The standard InChI is InChI=1S/C11H11BrO/c1-3-8-13-9(2)10-6-4-5-7-11(10)12/h4-9H,1H2,2H3. The molecule has 0 aromatic heterocycles. The molecule has 1 rings (SSSR count). The van der Waals surface area contributed by atoms with Crippen LogP contribution in [0.3, 0.4) is 0 Å². The smallest absolute Gasteiger partial charge is 0.125 e. The monoisotopic (exact) mass is 238 g/mol. The van der Waals surface area contributed by atoms with Crippen molar-refractivity contribution in [1.29, 1.82) is 0 Å². The van der Waals surface area contributed by atoms with Crippen molar-refractivity contribution in [2.45, 2.75) is 13.0 Å². The average molecular weight is 239 g/mol. The molecule has 1 unspecified atom stereocenters. The van der Waals surface area contributed by atoms with Gasteiger partial charge in [0.1, 0.15) is 12.4 Å². The van der Waals surface area contributed by atoms with Crippen LogP contribution in [0.2, 0.25) is 0 Å². The Labute approximate surface area is 86.9 Å². The predicted octanol–water partition coefficient (Wildman–Crippen LogP) is 3.83. The lowest BCUT2D eigenvalue weighted by molar-refractivity contribution is 0.164. The van der Waals surface area contributed by atoms with Crippen LogP contribution < -0.4 is 0 Å². The van der Waals surface area contributed by atoms with E-state index in [4.69, 9.17) is 4.74 Å². The summed E-state index contributed by atoms with van der Waals surface area (Å²) in [5.41, 5.74) is 3.69. The first-order valence-electron chi connectivity index (χ1n) is 4.00. The molecule has 1 nitrogen and oxygen atoms in total. The van der Waals surface area contributed by atoms with Crippen molar-refractivity contribution in [2.24, 2.45) is 0 Å². The molecule has 0 radical (unpaired) electrons. The normalized spacial score (nSPS) is 11.5. The SMILES string of the molecule is C=C=COC(C)c1ccccc1Br. The van der Waals surface area contributed by atoms with E-state index in [9.17, 15) is 0 Å². The number of hydrogen-bond acceptors (Lipinski definition) is 1. The molecular weight excluding hydrogens is 228 g/mol. The van der Waals surface area contributed by atoms with Gasteiger partial charge in [-0.1, -0.05) is 46.4 Å². The Morgan fingerprint density at radius 1 is 1.54 bits per heavy atom. The summed E-state index contributed by atoms with van der Waals surface area (Å²) in [6, 6.07) is 7.97. The van der Waals surface area contributed by atoms with Crippen LogP contribution in [0.5, 0.6) is 0 Å². The largest absolute Gasteiger partial charge is 0.485 e. The van der Waals surface area contributed by atoms with Gasteiger partial charge in [-0.05, 0) is 13.0 Å². The summed E-state index contributed by atoms with van der Waals surface area (Å²) in [4.78, 5) is 0. The molecule has 0 spiro atoms. The van der Waals surface area contributed by atoms with Gasteiger partial charge in [-0.25, -0.2) is 0 Å². The lowest BCUT2D eigenvalue weighted by Gasteiger charge is -2.12. The van der Waals surface area contributed by atoms with E-state index in [2.05, 4.69) is 28.2 Å². The van der Waals surface area contributed by atoms with Crippen molar-refractivity contribution < 1.29 is 4.74 Å². The van der Waals surface area contributed by atoms with Gasteiger partial charge in [0.25, 0.3) is 0 Å². The van der Waals surface area contributed by atoms with E-state index in [-0.39, 0.29) is 6.10 Å². The van der Waals surface area contributed by atoms with E-state index in [0.717, 1.165) is 10.0 Å². The molecule has 13 heavy (non-hydrogen) atoms. The third-order valence-electron chi connectivity index (χ3n) is 1.70. The van der Waals surface area contributed by atoms with E-state index in [0.29, 0.717) is 0 Å². The van der Waals surface area contributed by atoms with Crippen LogP contribution in [-0.4, -0.2) is 0 Å². The molecule has 1 atom stereocenters. The highest BCUT2D eigenvalue weighted by Gasteiger charge is 2.07. The van der Waals surface area contributed by atoms with Crippen molar-refractivity contribution in [3.63, 3.8) is 0 Å². The molecule has 0 aliphatic rings. The minimum absolute atomic E-state index is 0.0184. The predicted molar refractivity (Wildman–Crippen MR) is 57.4 cm³/mol. The van der Waals surface area contributed by atoms with Crippen LogP contribution in [0.25, 0.3) is 0 Å². The third-order valence-corrected chi connectivity index (χ3v) is 2.42. The van der Waals surface area contributed by atoms with Gasteiger partial charge >= 0.3 is 0 Å². The fourth-order valence-corrected chi connectivity index (χ4v) is 1.64. The molecule has 0 aliphatic carbocycles. The van der Waals surface area contributed by atoms with Crippen LogP contribution in [0.1, 0.15) is 18.6 Å². The van der Waals surface area contributed by atoms with E-state index >= 15 is 0 Å². The third kappa shape index (κ3) is 2.76. The minimum atomic E-state index is 0.0184. The highest BCUT2D eigenvalue weighted by molar-refractivity contribution is 9.10. The molecule has 0 saturated carbocycles. The molecule has 0 heterocycles. The first kappa shape index (κ1) is 10.1. The number of halogens is 1. The Morgan fingerprint density at radius 2 is 2.23 bits per heavy atom. The average Bonchev–Trinajstić information content (AvgIpc) is 2.15. The Balaban J connectivity index is 2.81. The fourth-order valence-electron chi connectivity index (χ4n) is 1.03. The van der Waals surface area contributed by atoms with Gasteiger partial charge in [0.05, 0.1) is 0 Å². The van der Waals surface area contributed by atoms with Crippen molar-refractivity contribution in [2.75, 3.05) is 0 Å². The molecular formula is C11H11BrO. The van der Waals surface area contributed by atoms with Gasteiger partial charge in [0.15, 0.2) is 0 Å². The highest BCUT2D eigenvalue weighted by Crippen LogP contribution is 2.25. The highest BCUT2D eigenvalue weighted by atomic mass is 79.9. The summed E-state index contributed by atoms with van der Waals surface area (Å²) in [5.74, 6) is 0. The van der Waals surface area contributed by atoms with E-state index in [1.807, 2.05) is 31.2 Å². The Hall–Kier alpha value is -0.980. The maximum atomic E-state index is 5.33. The van der Waals surface area contributed by atoms with Gasteiger partial charge in [-0.3, -0.25) is 0 Å². The second-order valence-electron chi connectivity index (χ2n) is 2.62. The Bertz CT molecular complexity index is 327. The molecule has 0 N–H and O–H groups in total.